The van der Waals surface area contributed by atoms with Gasteiger partial charge < -0.3 is 15.2 Å². The highest BCUT2D eigenvalue weighted by molar-refractivity contribution is 7.84. The minimum atomic E-state index is -1.54. The quantitative estimate of drug-likeness (QED) is 0.671. The predicted octanol–water partition coefficient (Wildman–Crippen LogP) is 2.45. The summed E-state index contributed by atoms with van der Waals surface area (Å²) in [5.74, 6) is -2.38. The first kappa shape index (κ1) is 20.3. The first-order chi connectivity index (χ1) is 12.9. The summed E-state index contributed by atoms with van der Waals surface area (Å²) in [7, 11) is -1.54. The van der Waals surface area contributed by atoms with E-state index in [9.17, 15) is 18.6 Å². The zero-order valence-corrected chi connectivity index (χ0v) is 15.5. The highest BCUT2D eigenvalue weighted by Gasteiger charge is 2.16. The van der Waals surface area contributed by atoms with Gasteiger partial charge in [0.25, 0.3) is 0 Å². The largest absolute Gasteiger partial charge is 0.478 e. The molecule has 0 aliphatic heterocycles. The number of hydrogen-bond acceptors (Lipinski definition) is 5. The van der Waals surface area contributed by atoms with Crippen LogP contribution in [0.4, 0.5) is 5.69 Å². The van der Waals surface area contributed by atoms with Crippen LogP contribution < -0.4 is 5.32 Å². The number of nitrogens with one attached hydrogen (secondary N) is 1. The number of esters is 1. The van der Waals surface area contributed by atoms with Gasteiger partial charge in [-0.05, 0) is 36.8 Å². The Bertz CT molecular complexity index is 880. The van der Waals surface area contributed by atoms with Crippen LogP contribution in [0.2, 0.25) is 0 Å². The highest BCUT2D eigenvalue weighted by atomic mass is 32.2. The van der Waals surface area contributed by atoms with Crippen LogP contribution in [-0.4, -0.2) is 39.5 Å². The highest BCUT2D eigenvalue weighted by Crippen LogP contribution is 2.16. The topological polar surface area (TPSA) is 110 Å². The van der Waals surface area contributed by atoms with Crippen molar-refractivity contribution in [2.45, 2.75) is 12.7 Å². The SMILES string of the molecule is CCOC(=O)c1ccccc1NC(=O)CS(=O)Cc1cccc(C(=O)O)c1. The molecule has 142 valence electrons. The molecule has 1 unspecified atom stereocenters. The zero-order chi connectivity index (χ0) is 19.8. The summed E-state index contributed by atoms with van der Waals surface area (Å²) in [6.45, 7) is 1.89. The number of anilines is 1. The van der Waals surface area contributed by atoms with Crippen molar-refractivity contribution in [3.8, 4) is 0 Å². The summed E-state index contributed by atoms with van der Waals surface area (Å²) < 4.78 is 17.2. The van der Waals surface area contributed by atoms with Gasteiger partial charge in [-0.15, -0.1) is 0 Å². The van der Waals surface area contributed by atoms with Gasteiger partial charge in [0.1, 0.15) is 5.75 Å². The molecule has 0 heterocycles. The van der Waals surface area contributed by atoms with E-state index in [1.54, 1.807) is 37.3 Å². The number of carbonyl (C=O) groups is 3. The van der Waals surface area contributed by atoms with Crippen LogP contribution in [0.15, 0.2) is 48.5 Å². The van der Waals surface area contributed by atoms with E-state index < -0.39 is 28.6 Å². The molecular weight excluding hydrogens is 370 g/mol. The number of carboxylic acids is 1. The van der Waals surface area contributed by atoms with Gasteiger partial charge >= 0.3 is 11.9 Å². The first-order valence-electron chi connectivity index (χ1n) is 8.14. The van der Waals surface area contributed by atoms with Gasteiger partial charge in [0, 0.05) is 16.6 Å². The van der Waals surface area contributed by atoms with E-state index in [1.807, 2.05) is 0 Å². The molecule has 7 nitrogen and oxygen atoms in total. The molecule has 2 aromatic carbocycles. The predicted molar refractivity (Wildman–Crippen MR) is 101 cm³/mol. The van der Waals surface area contributed by atoms with Crippen molar-refractivity contribution in [2.75, 3.05) is 17.7 Å². The van der Waals surface area contributed by atoms with Crippen molar-refractivity contribution in [3.63, 3.8) is 0 Å². The summed E-state index contributed by atoms with van der Waals surface area (Å²) in [5, 5.41) is 11.6. The Balaban J connectivity index is 2.00. The fourth-order valence-corrected chi connectivity index (χ4v) is 3.36. The number of carbonyl (C=O) groups excluding carboxylic acids is 2. The Labute approximate surface area is 158 Å². The molecule has 1 amide bonds. The van der Waals surface area contributed by atoms with Gasteiger partial charge in [-0.1, -0.05) is 24.3 Å². The number of benzene rings is 2. The van der Waals surface area contributed by atoms with Crippen molar-refractivity contribution in [3.05, 3.63) is 65.2 Å². The van der Waals surface area contributed by atoms with E-state index in [0.717, 1.165) is 0 Å². The third-order valence-electron chi connectivity index (χ3n) is 3.49. The third-order valence-corrected chi connectivity index (χ3v) is 4.73. The van der Waals surface area contributed by atoms with Crippen molar-refractivity contribution in [2.24, 2.45) is 0 Å². The molecule has 0 bridgehead atoms. The van der Waals surface area contributed by atoms with Gasteiger partial charge in [-0.3, -0.25) is 9.00 Å². The lowest BCUT2D eigenvalue weighted by Gasteiger charge is -2.10. The second-order valence-electron chi connectivity index (χ2n) is 5.55. The number of carboxylic acid groups (broad SMARTS) is 1. The summed E-state index contributed by atoms with van der Waals surface area (Å²) in [6, 6.07) is 12.5. The van der Waals surface area contributed by atoms with E-state index in [0.29, 0.717) is 5.56 Å². The van der Waals surface area contributed by atoms with E-state index in [2.05, 4.69) is 5.32 Å². The Morgan fingerprint density at radius 2 is 1.85 bits per heavy atom. The number of hydrogen-bond donors (Lipinski definition) is 2. The normalized spacial score (nSPS) is 11.4. The average molecular weight is 389 g/mol. The van der Waals surface area contributed by atoms with Crippen molar-refractivity contribution >= 4 is 34.3 Å². The van der Waals surface area contributed by atoms with Crippen LogP contribution in [0.1, 0.15) is 33.2 Å². The molecule has 2 N–H and O–H groups in total. The number of aromatic carboxylic acids is 1. The minimum Gasteiger partial charge on any atom is -0.478 e. The second-order valence-corrected chi connectivity index (χ2v) is 7.01. The maximum atomic E-state index is 12.2. The lowest BCUT2D eigenvalue weighted by atomic mass is 10.1. The molecule has 2 rings (SSSR count). The third kappa shape index (κ3) is 6.03. The minimum absolute atomic E-state index is 0.0497. The monoisotopic (exact) mass is 389 g/mol. The molecule has 0 saturated carbocycles. The first-order valence-corrected chi connectivity index (χ1v) is 9.62. The maximum absolute atomic E-state index is 12.2. The molecular formula is C19H19NO6S. The molecule has 8 heteroatoms. The molecule has 0 aliphatic carbocycles. The average Bonchev–Trinajstić information content (AvgIpc) is 2.62. The van der Waals surface area contributed by atoms with E-state index >= 15 is 0 Å². The number of para-hydroxylation sites is 1. The van der Waals surface area contributed by atoms with E-state index in [-0.39, 0.29) is 34.9 Å². The van der Waals surface area contributed by atoms with Gasteiger partial charge in [0.05, 0.1) is 23.4 Å². The number of amides is 1. The van der Waals surface area contributed by atoms with Crippen molar-refractivity contribution < 1.29 is 28.4 Å². The number of ether oxygens (including phenoxy) is 1. The Morgan fingerprint density at radius 3 is 2.56 bits per heavy atom. The van der Waals surface area contributed by atoms with Crippen LogP contribution in [0.5, 0.6) is 0 Å². The summed E-state index contributed by atoms with van der Waals surface area (Å²) >= 11 is 0. The molecule has 0 aliphatic rings. The Hall–Kier alpha value is -3.00. The molecule has 2 aromatic rings. The Morgan fingerprint density at radius 1 is 1.11 bits per heavy atom. The van der Waals surface area contributed by atoms with Crippen LogP contribution in [0.25, 0.3) is 0 Å². The molecule has 0 aromatic heterocycles. The summed E-state index contributed by atoms with van der Waals surface area (Å²) in [5.41, 5.74) is 1.16. The van der Waals surface area contributed by atoms with Crippen LogP contribution >= 0.6 is 0 Å². The molecule has 0 saturated heterocycles. The lowest BCUT2D eigenvalue weighted by molar-refractivity contribution is -0.113. The zero-order valence-electron chi connectivity index (χ0n) is 14.6. The molecule has 0 spiro atoms. The van der Waals surface area contributed by atoms with Gasteiger partial charge in [0.15, 0.2) is 0 Å². The summed E-state index contributed by atoms with van der Waals surface area (Å²) in [6.07, 6.45) is 0. The van der Waals surface area contributed by atoms with Gasteiger partial charge in [-0.25, -0.2) is 9.59 Å². The van der Waals surface area contributed by atoms with Gasteiger partial charge in [-0.2, -0.15) is 0 Å². The van der Waals surface area contributed by atoms with Crippen LogP contribution in [-0.2, 0) is 26.1 Å². The fraction of sp³-hybridized carbons (Fsp3) is 0.211. The summed E-state index contributed by atoms with van der Waals surface area (Å²) in [4.78, 5) is 35.1. The van der Waals surface area contributed by atoms with Crippen LogP contribution in [0, 0.1) is 0 Å². The van der Waals surface area contributed by atoms with E-state index in [1.165, 1.54) is 18.2 Å². The molecule has 0 fully saturated rings. The van der Waals surface area contributed by atoms with Gasteiger partial charge in [0.2, 0.25) is 5.91 Å². The van der Waals surface area contributed by atoms with Crippen LogP contribution in [0.3, 0.4) is 0 Å². The number of rotatable bonds is 8. The molecule has 1 atom stereocenters. The fourth-order valence-electron chi connectivity index (χ4n) is 2.34. The second kappa shape index (κ2) is 9.63. The Kier molecular flexibility index (Phi) is 7.25. The molecule has 27 heavy (non-hydrogen) atoms. The standard InChI is InChI=1S/C19H19NO6S/c1-2-26-19(24)15-8-3-4-9-16(15)20-17(21)12-27(25)11-13-6-5-7-14(10-13)18(22)23/h3-10H,2,11-12H2,1H3,(H,20,21)(H,22,23). The lowest BCUT2D eigenvalue weighted by Crippen LogP contribution is -2.22. The van der Waals surface area contributed by atoms with E-state index in [4.69, 9.17) is 9.84 Å². The smallest absolute Gasteiger partial charge is 0.340 e. The van der Waals surface area contributed by atoms with Crippen molar-refractivity contribution in [1.29, 1.82) is 0 Å². The molecule has 0 radical (unpaired) electrons. The maximum Gasteiger partial charge on any atom is 0.340 e. The van der Waals surface area contributed by atoms with Crippen molar-refractivity contribution in [1.82, 2.24) is 0 Å².